The summed E-state index contributed by atoms with van der Waals surface area (Å²) in [7, 11) is 0. The molecule has 23 heavy (non-hydrogen) atoms. The molecule has 6 nitrogen and oxygen atoms in total. The Kier molecular flexibility index (Phi) is 4.95. The summed E-state index contributed by atoms with van der Waals surface area (Å²) in [6.07, 6.45) is 2.74. The number of hydrogen-bond donors (Lipinski definition) is 2. The second-order valence-corrected chi connectivity index (χ2v) is 6.11. The topological polar surface area (TPSA) is 92.2 Å². The van der Waals surface area contributed by atoms with Crippen LogP contribution in [0, 0.1) is 0 Å². The summed E-state index contributed by atoms with van der Waals surface area (Å²) in [6, 6.07) is 7.43. The summed E-state index contributed by atoms with van der Waals surface area (Å²) in [5, 5.41) is 12.3. The van der Waals surface area contributed by atoms with Crippen LogP contribution in [0.1, 0.15) is 40.4 Å². The zero-order valence-corrected chi connectivity index (χ0v) is 13.5. The van der Waals surface area contributed by atoms with Crippen molar-refractivity contribution in [3.63, 3.8) is 0 Å². The fourth-order valence-corrected chi connectivity index (χ4v) is 2.29. The van der Waals surface area contributed by atoms with Crippen molar-refractivity contribution in [2.45, 2.75) is 25.8 Å². The van der Waals surface area contributed by atoms with Crippen molar-refractivity contribution in [1.29, 1.82) is 0 Å². The Hall–Kier alpha value is -2.47. The number of hydrogen-bond acceptors (Lipinski definition) is 4. The summed E-state index contributed by atoms with van der Waals surface area (Å²) in [5.41, 5.74) is 0.209. The van der Waals surface area contributed by atoms with Gasteiger partial charge < -0.3 is 10.4 Å². The van der Waals surface area contributed by atoms with Gasteiger partial charge in [-0.2, -0.15) is 0 Å². The van der Waals surface area contributed by atoms with E-state index in [1.807, 2.05) is 32.0 Å². The lowest BCUT2D eigenvalue weighted by atomic mass is 9.94. The second-order valence-electron chi connectivity index (χ2n) is 5.70. The molecule has 0 saturated carbocycles. The number of nitrogens with one attached hydrogen (secondary N) is 1. The minimum Gasteiger partial charge on any atom is -0.476 e. The molecule has 0 bridgehead atoms. The predicted octanol–water partition coefficient (Wildman–Crippen LogP) is 2.58. The van der Waals surface area contributed by atoms with Crippen LogP contribution in [0.4, 0.5) is 0 Å². The lowest BCUT2D eigenvalue weighted by Crippen LogP contribution is -2.45. The molecule has 1 aromatic heterocycles. The molecule has 0 fully saturated rings. The minimum absolute atomic E-state index is 0.0576. The van der Waals surface area contributed by atoms with Gasteiger partial charge in [-0.25, -0.2) is 14.8 Å². The van der Waals surface area contributed by atoms with E-state index in [0.717, 1.165) is 18.0 Å². The van der Waals surface area contributed by atoms with Gasteiger partial charge in [0.25, 0.3) is 5.91 Å². The van der Waals surface area contributed by atoms with Crippen LogP contribution < -0.4 is 5.32 Å². The number of carboxylic acids is 1. The third-order valence-corrected chi connectivity index (χ3v) is 3.51. The second kappa shape index (κ2) is 6.75. The van der Waals surface area contributed by atoms with E-state index >= 15 is 0 Å². The fraction of sp³-hybridized carbons (Fsp3) is 0.250. The Morgan fingerprint density at radius 3 is 2.35 bits per heavy atom. The molecule has 2 rings (SSSR count). The van der Waals surface area contributed by atoms with Gasteiger partial charge in [0.2, 0.25) is 0 Å². The first-order chi connectivity index (χ1) is 10.8. The molecule has 1 heterocycles. The zero-order chi connectivity index (χ0) is 17.0. The maximum absolute atomic E-state index is 12.2. The van der Waals surface area contributed by atoms with Crippen molar-refractivity contribution in [2.24, 2.45) is 0 Å². The molecule has 2 aromatic rings. The van der Waals surface area contributed by atoms with Gasteiger partial charge in [-0.05, 0) is 31.9 Å². The molecule has 0 radical (unpaired) electrons. The number of rotatable bonds is 5. The summed E-state index contributed by atoms with van der Waals surface area (Å²) >= 11 is 6.14. The van der Waals surface area contributed by atoms with E-state index < -0.39 is 17.4 Å². The molecule has 0 unspecified atom stereocenters. The Labute approximate surface area is 138 Å². The Morgan fingerprint density at radius 2 is 1.78 bits per heavy atom. The number of benzene rings is 1. The van der Waals surface area contributed by atoms with Gasteiger partial charge in [-0.3, -0.25) is 4.79 Å². The Bertz CT molecular complexity index is 730. The number of aromatic nitrogens is 2. The van der Waals surface area contributed by atoms with Gasteiger partial charge in [-0.15, -0.1) is 0 Å². The first-order valence-electron chi connectivity index (χ1n) is 6.90. The number of carboxylic acid groups (broad SMARTS) is 1. The monoisotopic (exact) mass is 333 g/mol. The average molecular weight is 334 g/mol. The van der Waals surface area contributed by atoms with Gasteiger partial charge in [0.1, 0.15) is 5.69 Å². The van der Waals surface area contributed by atoms with Gasteiger partial charge in [0.05, 0.1) is 12.4 Å². The van der Waals surface area contributed by atoms with Gasteiger partial charge >= 0.3 is 5.97 Å². The highest BCUT2D eigenvalue weighted by molar-refractivity contribution is 6.31. The molecule has 2 N–H and O–H groups in total. The van der Waals surface area contributed by atoms with Crippen molar-refractivity contribution in [3.05, 3.63) is 58.6 Å². The lowest BCUT2D eigenvalue weighted by molar-refractivity contribution is 0.0688. The molecule has 0 spiro atoms. The van der Waals surface area contributed by atoms with Crippen LogP contribution in [0.15, 0.2) is 36.7 Å². The highest BCUT2D eigenvalue weighted by Crippen LogP contribution is 2.21. The van der Waals surface area contributed by atoms with Crippen LogP contribution in [0.2, 0.25) is 5.02 Å². The summed E-state index contributed by atoms with van der Waals surface area (Å²) in [4.78, 5) is 30.5. The van der Waals surface area contributed by atoms with Crippen LogP contribution in [-0.4, -0.2) is 32.5 Å². The fourth-order valence-electron chi connectivity index (χ4n) is 2.09. The number of carbonyl (C=O) groups excluding carboxylic acids is 1. The third-order valence-electron chi connectivity index (χ3n) is 3.15. The van der Waals surface area contributed by atoms with E-state index in [1.165, 1.54) is 0 Å². The highest BCUT2D eigenvalue weighted by Gasteiger charge is 2.23. The van der Waals surface area contributed by atoms with Crippen LogP contribution in [0.5, 0.6) is 0 Å². The van der Waals surface area contributed by atoms with E-state index in [9.17, 15) is 9.59 Å². The minimum atomic E-state index is -1.19. The number of amides is 1. The van der Waals surface area contributed by atoms with Crippen molar-refractivity contribution in [2.75, 3.05) is 0 Å². The normalized spacial score (nSPS) is 11.1. The lowest BCUT2D eigenvalue weighted by Gasteiger charge is -2.26. The molecule has 0 saturated heterocycles. The van der Waals surface area contributed by atoms with E-state index in [4.69, 9.17) is 16.7 Å². The van der Waals surface area contributed by atoms with Crippen LogP contribution in [0.25, 0.3) is 0 Å². The molecular formula is C16H16ClN3O3. The predicted molar refractivity (Wildman–Crippen MR) is 85.7 cm³/mol. The van der Waals surface area contributed by atoms with Crippen molar-refractivity contribution < 1.29 is 14.7 Å². The van der Waals surface area contributed by atoms with Crippen molar-refractivity contribution >= 4 is 23.5 Å². The molecule has 1 amide bonds. The molecule has 0 aliphatic carbocycles. The number of carbonyl (C=O) groups is 2. The molecule has 120 valence electrons. The van der Waals surface area contributed by atoms with Crippen molar-refractivity contribution in [3.8, 4) is 0 Å². The quantitative estimate of drug-likeness (QED) is 0.877. The maximum Gasteiger partial charge on any atom is 0.356 e. The first kappa shape index (κ1) is 16.9. The third kappa shape index (κ3) is 4.50. The van der Waals surface area contributed by atoms with E-state index in [1.54, 1.807) is 6.07 Å². The SMILES string of the molecule is CC(C)(Cc1ccccc1Cl)NC(=O)c1cnc(C(=O)O)cn1. The van der Waals surface area contributed by atoms with Gasteiger partial charge in [0, 0.05) is 10.6 Å². The first-order valence-corrected chi connectivity index (χ1v) is 7.27. The van der Waals surface area contributed by atoms with Gasteiger partial charge in [0.15, 0.2) is 5.69 Å². The Morgan fingerprint density at radius 1 is 1.17 bits per heavy atom. The van der Waals surface area contributed by atoms with Gasteiger partial charge in [-0.1, -0.05) is 29.8 Å². The number of nitrogens with zero attached hydrogens (tertiary/aromatic N) is 2. The average Bonchev–Trinajstić information content (AvgIpc) is 2.49. The van der Waals surface area contributed by atoms with E-state index in [-0.39, 0.29) is 11.4 Å². The molecule has 0 aliphatic heterocycles. The standard InChI is InChI=1S/C16H16ClN3O3/c1-16(2,7-10-5-3-4-6-11(10)17)20-14(21)12-8-19-13(9-18-12)15(22)23/h3-6,8-9H,7H2,1-2H3,(H,20,21)(H,22,23). The largest absolute Gasteiger partial charge is 0.476 e. The van der Waals surface area contributed by atoms with E-state index in [2.05, 4.69) is 15.3 Å². The smallest absolute Gasteiger partial charge is 0.356 e. The summed E-state index contributed by atoms with van der Waals surface area (Å²) < 4.78 is 0. The molecule has 7 heteroatoms. The molecule has 1 aromatic carbocycles. The summed E-state index contributed by atoms with van der Waals surface area (Å²) in [5.74, 6) is -1.62. The van der Waals surface area contributed by atoms with Crippen LogP contribution in [-0.2, 0) is 6.42 Å². The van der Waals surface area contributed by atoms with Crippen molar-refractivity contribution in [1.82, 2.24) is 15.3 Å². The highest BCUT2D eigenvalue weighted by atomic mass is 35.5. The molecular weight excluding hydrogens is 318 g/mol. The van der Waals surface area contributed by atoms with Crippen LogP contribution >= 0.6 is 11.6 Å². The maximum atomic E-state index is 12.2. The molecule has 0 aliphatic rings. The van der Waals surface area contributed by atoms with Crippen LogP contribution in [0.3, 0.4) is 0 Å². The number of halogens is 1. The number of aromatic carboxylic acids is 1. The summed E-state index contributed by atoms with van der Waals surface area (Å²) in [6.45, 7) is 3.74. The zero-order valence-electron chi connectivity index (χ0n) is 12.7. The Balaban J connectivity index is 2.08. The van der Waals surface area contributed by atoms with E-state index in [0.29, 0.717) is 11.4 Å². The molecule has 0 atom stereocenters.